The normalized spacial score (nSPS) is 30.7. The van der Waals surface area contributed by atoms with E-state index < -0.39 is 0 Å². The smallest absolute Gasteiger partial charge is 0.222 e. The van der Waals surface area contributed by atoms with Crippen LogP contribution in [0, 0.1) is 0 Å². The summed E-state index contributed by atoms with van der Waals surface area (Å²) in [6, 6.07) is 0. The molecule has 2 aliphatic heterocycles. The summed E-state index contributed by atoms with van der Waals surface area (Å²) < 4.78 is 5.07. The third-order valence-corrected chi connectivity index (χ3v) is 2.25. The van der Waals surface area contributed by atoms with Crippen molar-refractivity contribution in [3.63, 3.8) is 0 Å². The van der Waals surface area contributed by atoms with Gasteiger partial charge in [-0.05, 0) is 12.8 Å². The van der Waals surface area contributed by atoms with E-state index in [0.717, 1.165) is 32.5 Å². The summed E-state index contributed by atoms with van der Waals surface area (Å²) in [6.45, 7) is 2.63. The van der Waals surface area contributed by atoms with E-state index in [4.69, 9.17) is 4.74 Å². The molecule has 1 amide bonds. The van der Waals surface area contributed by atoms with Crippen LogP contribution < -0.4 is 0 Å². The van der Waals surface area contributed by atoms with Gasteiger partial charge < -0.3 is 9.64 Å². The Morgan fingerprint density at radius 1 is 1.55 bits per heavy atom. The highest BCUT2D eigenvalue weighted by molar-refractivity contribution is 5.76. The molecule has 0 unspecified atom stereocenters. The Bertz CT molecular complexity index is 165. The van der Waals surface area contributed by atoms with Gasteiger partial charge in [-0.15, -0.1) is 0 Å². The Hall–Kier alpha value is -0.570. The number of hydrogen-bond donors (Lipinski definition) is 0. The van der Waals surface area contributed by atoms with Crippen LogP contribution in [-0.2, 0) is 9.53 Å². The minimum Gasteiger partial charge on any atom is -0.371 e. The van der Waals surface area contributed by atoms with E-state index >= 15 is 0 Å². The zero-order valence-electron chi connectivity index (χ0n) is 6.58. The molecule has 0 aromatic heterocycles. The maximum atomic E-state index is 11.2. The number of rotatable bonds is 2. The van der Waals surface area contributed by atoms with Crippen LogP contribution in [0.15, 0.2) is 0 Å². The lowest BCUT2D eigenvalue weighted by molar-refractivity contribution is -0.133. The van der Waals surface area contributed by atoms with Crippen LogP contribution in [0.2, 0.25) is 0 Å². The fourth-order valence-corrected chi connectivity index (χ4v) is 1.47. The Kier molecular flexibility index (Phi) is 1.82. The zero-order valence-corrected chi connectivity index (χ0v) is 6.58. The highest BCUT2D eigenvalue weighted by Gasteiger charge is 2.28. The van der Waals surface area contributed by atoms with E-state index in [-0.39, 0.29) is 0 Å². The summed E-state index contributed by atoms with van der Waals surface area (Å²) in [6.07, 6.45) is 3.34. The van der Waals surface area contributed by atoms with Gasteiger partial charge in [0.1, 0.15) is 0 Å². The number of carbonyl (C=O) groups is 1. The number of nitrogens with zero attached hydrogens (tertiary/aromatic N) is 1. The first-order valence-corrected chi connectivity index (χ1v) is 4.25. The van der Waals surface area contributed by atoms with Gasteiger partial charge in [0.15, 0.2) is 0 Å². The van der Waals surface area contributed by atoms with Crippen molar-refractivity contribution in [1.82, 2.24) is 4.90 Å². The fourth-order valence-electron chi connectivity index (χ4n) is 1.47. The van der Waals surface area contributed by atoms with Gasteiger partial charge in [-0.3, -0.25) is 4.79 Å². The first-order chi connectivity index (χ1) is 5.36. The molecule has 0 N–H and O–H groups in total. The summed E-state index contributed by atoms with van der Waals surface area (Å²) in [7, 11) is 0. The average Bonchev–Trinajstić information content (AvgIpc) is 2.78. The molecule has 0 aliphatic carbocycles. The van der Waals surface area contributed by atoms with E-state index in [1.165, 1.54) is 6.42 Å². The second-order valence-corrected chi connectivity index (χ2v) is 3.25. The molecule has 1 atom stereocenters. The maximum absolute atomic E-state index is 11.2. The van der Waals surface area contributed by atoms with Crippen molar-refractivity contribution >= 4 is 5.91 Å². The topological polar surface area (TPSA) is 32.8 Å². The molecule has 0 bridgehead atoms. The maximum Gasteiger partial charge on any atom is 0.222 e. The van der Waals surface area contributed by atoms with Gasteiger partial charge in [0.2, 0.25) is 5.91 Å². The van der Waals surface area contributed by atoms with Gasteiger partial charge >= 0.3 is 0 Å². The number of likely N-dealkylation sites (tertiary alicyclic amines) is 1. The van der Waals surface area contributed by atoms with E-state index in [2.05, 4.69) is 0 Å². The summed E-state index contributed by atoms with van der Waals surface area (Å²) in [4.78, 5) is 13.2. The Morgan fingerprint density at radius 2 is 2.36 bits per heavy atom. The molecule has 11 heavy (non-hydrogen) atoms. The molecule has 0 saturated carbocycles. The van der Waals surface area contributed by atoms with Crippen molar-refractivity contribution < 1.29 is 9.53 Å². The van der Waals surface area contributed by atoms with Gasteiger partial charge in [-0.25, -0.2) is 0 Å². The van der Waals surface area contributed by atoms with Crippen LogP contribution >= 0.6 is 0 Å². The summed E-state index contributed by atoms with van der Waals surface area (Å²) in [5, 5.41) is 0. The first kappa shape index (κ1) is 7.10. The molecule has 3 heteroatoms. The predicted octanol–water partition coefficient (Wildman–Crippen LogP) is 0.398. The largest absolute Gasteiger partial charge is 0.371 e. The van der Waals surface area contributed by atoms with Crippen molar-refractivity contribution in [2.75, 3.05) is 19.7 Å². The van der Waals surface area contributed by atoms with Crippen LogP contribution in [0.4, 0.5) is 0 Å². The molecule has 0 radical (unpaired) electrons. The van der Waals surface area contributed by atoms with Gasteiger partial charge in [0, 0.05) is 19.5 Å². The molecule has 62 valence electrons. The average molecular weight is 155 g/mol. The van der Waals surface area contributed by atoms with E-state index in [1.807, 2.05) is 4.90 Å². The van der Waals surface area contributed by atoms with Gasteiger partial charge in [0.25, 0.3) is 0 Å². The summed E-state index contributed by atoms with van der Waals surface area (Å²) >= 11 is 0. The van der Waals surface area contributed by atoms with Crippen molar-refractivity contribution in [2.45, 2.75) is 25.4 Å². The highest BCUT2D eigenvalue weighted by atomic mass is 16.6. The van der Waals surface area contributed by atoms with E-state index in [9.17, 15) is 4.79 Å². The number of hydrogen-bond acceptors (Lipinski definition) is 2. The van der Waals surface area contributed by atoms with Crippen LogP contribution in [0.25, 0.3) is 0 Å². The van der Waals surface area contributed by atoms with Crippen LogP contribution in [-0.4, -0.2) is 36.6 Å². The van der Waals surface area contributed by atoms with Crippen molar-refractivity contribution in [2.24, 2.45) is 0 Å². The third-order valence-electron chi connectivity index (χ3n) is 2.25. The molecule has 2 rings (SSSR count). The lowest BCUT2D eigenvalue weighted by Crippen LogP contribution is -2.37. The molecule has 2 fully saturated rings. The molecule has 2 aliphatic rings. The summed E-state index contributed by atoms with van der Waals surface area (Å²) in [5.74, 6) is 0.312. The number of epoxide rings is 1. The molecule has 2 heterocycles. The standard InChI is InChI=1S/C8H13NO2/c10-8-3-1-2-4-9(8)5-7-6-11-7/h7H,1-6H2/t7-/m0/s1. The van der Waals surface area contributed by atoms with Crippen LogP contribution in [0.5, 0.6) is 0 Å². The number of carbonyl (C=O) groups excluding carboxylic acids is 1. The molecule has 3 nitrogen and oxygen atoms in total. The number of amides is 1. The van der Waals surface area contributed by atoms with Crippen LogP contribution in [0.3, 0.4) is 0 Å². The number of ether oxygens (including phenoxy) is 1. The minimum atomic E-state index is 0.312. The molecule has 0 aromatic carbocycles. The molecule has 0 aromatic rings. The van der Waals surface area contributed by atoms with E-state index in [1.54, 1.807) is 0 Å². The Labute approximate surface area is 66.3 Å². The molecule has 0 spiro atoms. The highest BCUT2D eigenvalue weighted by Crippen LogP contribution is 2.16. The third kappa shape index (κ3) is 1.71. The van der Waals surface area contributed by atoms with Crippen molar-refractivity contribution in [1.29, 1.82) is 0 Å². The molecule has 2 saturated heterocycles. The SMILES string of the molecule is O=C1CCCCN1C[C@H]1CO1. The number of piperidine rings is 1. The van der Waals surface area contributed by atoms with E-state index in [0.29, 0.717) is 12.0 Å². The minimum absolute atomic E-state index is 0.312. The lowest BCUT2D eigenvalue weighted by atomic mass is 10.1. The Balaban J connectivity index is 1.83. The van der Waals surface area contributed by atoms with Gasteiger partial charge in [0.05, 0.1) is 12.7 Å². The zero-order chi connectivity index (χ0) is 7.68. The monoisotopic (exact) mass is 155 g/mol. The molecular formula is C8H13NO2. The van der Waals surface area contributed by atoms with Crippen molar-refractivity contribution in [3.8, 4) is 0 Å². The second-order valence-electron chi connectivity index (χ2n) is 3.25. The van der Waals surface area contributed by atoms with Gasteiger partial charge in [-0.2, -0.15) is 0 Å². The predicted molar refractivity (Wildman–Crippen MR) is 40.2 cm³/mol. The second kappa shape index (κ2) is 2.81. The lowest BCUT2D eigenvalue weighted by Gasteiger charge is -2.25. The Morgan fingerprint density at radius 3 is 3.00 bits per heavy atom. The fraction of sp³-hybridized carbons (Fsp3) is 0.875. The summed E-state index contributed by atoms with van der Waals surface area (Å²) in [5.41, 5.74) is 0. The van der Waals surface area contributed by atoms with Gasteiger partial charge in [-0.1, -0.05) is 0 Å². The molecular weight excluding hydrogens is 142 g/mol. The van der Waals surface area contributed by atoms with Crippen molar-refractivity contribution in [3.05, 3.63) is 0 Å². The van der Waals surface area contributed by atoms with Crippen LogP contribution in [0.1, 0.15) is 19.3 Å². The first-order valence-electron chi connectivity index (χ1n) is 4.25. The quantitative estimate of drug-likeness (QED) is 0.541.